The van der Waals surface area contributed by atoms with Gasteiger partial charge in [0.2, 0.25) is 0 Å². The fraction of sp³-hybridized carbons (Fsp3) is 0.611. The Morgan fingerprint density at radius 1 is 1.43 bits per heavy atom. The topological polar surface area (TPSA) is 36.9 Å². The van der Waals surface area contributed by atoms with E-state index in [-0.39, 0.29) is 12.4 Å². The Morgan fingerprint density at radius 2 is 2.22 bits per heavy atom. The summed E-state index contributed by atoms with van der Waals surface area (Å²) in [6.07, 6.45) is 1.17. The van der Waals surface area contributed by atoms with Crippen molar-refractivity contribution in [1.29, 1.82) is 0 Å². The Morgan fingerprint density at radius 3 is 2.83 bits per heavy atom. The van der Waals surface area contributed by atoms with E-state index in [1.165, 1.54) is 12.5 Å². The van der Waals surface area contributed by atoms with Crippen LogP contribution in [0.5, 0.6) is 0 Å². The summed E-state index contributed by atoms with van der Waals surface area (Å²) in [5.74, 6) is 0.712. The molecule has 1 aromatic rings. The van der Waals surface area contributed by atoms with Crippen LogP contribution in [0.2, 0.25) is 0 Å². The van der Waals surface area contributed by atoms with Crippen LogP contribution >= 0.6 is 0 Å². The van der Waals surface area contributed by atoms with Crippen LogP contribution in [0.1, 0.15) is 38.3 Å². The Bertz CT molecular complexity index is 557. The number of hydrogen-bond donors (Lipinski definition) is 1. The van der Waals surface area contributed by atoms with Gasteiger partial charge in [-0.1, -0.05) is 19.9 Å². The maximum atomic E-state index is 13.7. The molecule has 1 N–H and O–H groups in total. The lowest BCUT2D eigenvalue weighted by atomic mass is 9.93. The number of nitrogens with one attached hydrogen (secondary N) is 1. The fourth-order valence-corrected chi connectivity index (χ4v) is 2.88. The molecule has 0 saturated carbocycles. The third-order valence-electron chi connectivity index (χ3n) is 4.13. The van der Waals surface area contributed by atoms with Crippen LogP contribution in [-0.4, -0.2) is 37.6 Å². The van der Waals surface area contributed by atoms with Crippen molar-refractivity contribution in [2.24, 2.45) is 10.4 Å². The van der Waals surface area contributed by atoms with Crippen molar-refractivity contribution in [3.05, 3.63) is 35.1 Å². The molecule has 23 heavy (non-hydrogen) atoms. The van der Waals surface area contributed by atoms with Crippen LogP contribution in [0.4, 0.5) is 4.39 Å². The van der Waals surface area contributed by atoms with E-state index in [0.717, 1.165) is 31.2 Å². The lowest BCUT2D eigenvalue weighted by Gasteiger charge is -2.23. The second-order valence-electron chi connectivity index (χ2n) is 6.86. The minimum Gasteiger partial charge on any atom is -0.380 e. The van der Waals surface area contributed by atoms with E-state index in [1.54, 1.807) is 13.2 Å². The molecule has 1 saturated heterocycles. The van der Waals surface area contributed by atoms with Crippen molar-refractivity contribution < 1.29 is 9.13 Å². The van der Waals surface area contributed by atoms with Crippen LogP contribution in [-0.2, 0) is 17.9 Å². The predicted molar refractivity (Wildman–Crippen MR) is 91.9 cm³/mol. The smallest absolute Gasteiger partial charge is 0.194 e. The van der Waals surface area contributed by atoms with Gasteiger partial charge in [-0.05, 0) is 36.5 Å². The summed E-state index contributed by atoms with van der Waals surface area (Å²) in [7, 11) is 1.57. The van der Waals surface area contributed by atoms with Crippen LogP contribution in [0.15, 0.2) is 23.2 Å². The van der Waals surface area contributed by atoms with Crippen LogP contribution in [0.25, 0.3) is 0 Å². The lowest BCUT2D eigenvalue weighted by Crippen LogP contribution is -2.40. The molecule has 0 amide bonds. The normalized spacial score (nSPS) is 17.6. The first kappa shape index (κ1) is 17.7. The van der Waals surface area contributed by atoms with Crippen molar-refractivity contribution in [3.63, 3.8) is 0 Å². The van der Waals surface area contributed by atoms with Crippen LogP contribution in [0.3, 0.4) is 0 Å². The molecule has 4 nitrogen and oxygen atoms in total. The quantitative estimate of drug-likeness (QED) is 0.668. The minimum absolute atomic E-state index is 0.229. The van der Waals surface area contributed by atoms with E-state index in [2.05, 4.69) is 31.0 Å². The summed E-state index contributed by atoms with van der Waals surface area (Å²) in [4.78, 5) is 7.04. The maximum Gasteiger partial charge on any atom is 0.194 e. The molecular formula is C18H28FN3O. The molecule has 0 aliphatic carbocycles. The molecule has 2 rings (SSSR count). The van der Waals surface area contributed by atoms with Gasteiger partial charge in [0.25, 0.3) is 0 Å². The fourth-order valence-electron chi connectivity index (χ4n) is 2.88. The Hall–Kier alpha value is -1.62. The first-order valence-electron chi connectivity index (χ1n) is 8.24. The van der Waals surface area contributed by atoms with Gasteiger partial charge >= 0.3 is 0 Å². The molecule has 0 spiro atoms. The number of ether oxygens (including phenoxy) is 1. The largest absolute Gasteiger partial charge is 0.380 e. The van der Waals surface area contributed by atoms with E-state index in [9.17, 15) is 4.39 Å². The van der Waals surface area contributed by atoms with E-state index in [1.807, 2.05) is 6.07 Å². The summed E-state index contributed by atoms with van der Waals surface area (Å²) in [6, 6.07) is 5.11. The molecule has 0 atom stereocenters. The van der Waals surface area contributed by atoms with Gasteiger partial charge in [-0.2, -0.15) is 0 Å². The second-order valence-corrected chi connectivity index (χ2v) is 6.86. The van der Waals surface area contributed by atoms with Crippen LogP contribution in [0, 0.1) is 11.2 Å². The highest BCUT2D eigenvalue weighted by Crippen LogP contribution is 2.28. The maximum absolute atomic E-state index is 13.7. The van der Waals surface area contributed by atoms with Gasteiger partial charge in [-0.3, -0.25) is 0 Å². The summed E-state index contributed by atoms with van der Waals surface area (Å²) < 4.78 is 18.7. The number of halogens is 1. The Kier molecular flexibility index (Phi) is 5.99. The third kappa shape index (κ3) is 4.93. The molecule has 0 unspecified atom stereocenters. The zero-order valence-corrected chi connectivity index (χ0v) is 14.7. The predicted octanol–water partition coefficient (Wildman–Crippen LogP) is 3.17. The zero-order chi connectivity index (χ0) is 16.9. The average molecular weight is 321 g/mol. The number of aliphatic imine (C=N–C) groups is 1. The van der Waals surface area contributed by atoms with E-state index < -0.39 is 0 Å². The molecule has 1 aromatic carbocycles. The SMILES string of the molecule is CCNC(=NCc1ccc(F)c(COC)c1)N1CCC(C)(C)C1. The number of hydrogen-bond acceptors (Lipinski definition) is 2. The van der Waals surface area contributed by atoms with Crippen molar-refractivity contribution >= 4 is 5.96 Å². The van der Waals surface area contributed by atoms with Gasteiger partial charge in [-0.25, -0.2) is 9.38 Å². The van der Waals surface area contributed by atoms with Gasteiger partial charge in [0.15, 0.2) is 5.96 Å². The van der Waals surface area contributed by atoms with E-state index in [4.69, 9.17) is 9.73 Å². The second kappa shape index (κ2) is 7.77. The van der Waals surface area contributed by atoms with Gasteiger partial charge in [0.1, 0.15) is 5.82 Å². The van der Waals surface area contributed by atoms with Crippen molar-refractivity contribution in [1.82, 2.24) is 10.2 Å². The highest BCUT2D eigenvalue weighted by atomic mass is 19.1. The number of likely N-dealkylation sites (tertiary alicyclic amines) is 1. The summed E-state index contributed by atoms with van der Waals surface area (Å²) >= 11 is 0. The first-order valence-corrected chi connectivity index (χ1v) is 8.24. The molecule has 1 heterocycles. The average Bonchev–Trinajstić information content (AvgIpc) is 2.87. The van der Waals surface area contributed by atoms with Crippen molar-refractivity contribution in [2.75, 3.05) is 26.7 Å². The Balaban J connectivity index is 2.10. The highest BCUT2D eigenvalue weighted by Gasteiger charge is 2.30. The molecule has 0 aromatic heterocycles. The first-order chi connectivity index (χ1) is 10.9. The number of benzene rings is 1. The molecule has 5 heteroatoms. The summed E-state index contributed by atoms with van der Waals surface area (Å²) in [5.41, 5.74) is 1.90. The van der Waals surface area contributed by atoms with Gasteiger partial charge < -0.3 is 15.0 Å². The minimum atomic E-state index is -0.229. The van der Waals surface area contributed by atoms with Crippen molar-refractivity contribution in [2.45, 2.75) is 40.3 Å². The highest BCUT2D eigenvalue weighted by molar-refractivity contribution is 5.80. The monoisotopic (exact) mass is 321 g/mol. The molecule has 0 radical (unpaired) electrons. The number of methoxy groups -OCH3 is 1. The number of nitrogens with zero attached hydrogens (tertiary/aromatic N) is 2. The third-order valence-corrected chi connectivity index (χ3v) is 4.13. The molecule has 128 valence electrons. The van der Waals surface area contributed by atoms with E-state index in [0.29, 0.717) is 17.5 Å². The van der Waals surface area contributed by atoms with Crippen LogP contribution < -0.4 is 5.32 Å². The van der Waals surface area contributed by atoms with Gasteiger partial charge in [0, 0.05) is 32.3 Å². The molecule has 0 bridgehead atoms. The van der Waals surface area contributed by atoms with Crippen molar-refractivity contribution in [3.8, 4) is 0 Å². The summed E-state index contributed by atoms with van der Waals surface area (Å²) in [5, 5.41) is 3.36. The lowest BCUT2D eigenvalue weighted by molar-refractivity contribution is 0.181. The molecule has 1 aliphatic rings. The molecule has 1 aliphatic heterocycles. The zero-order valence-electron chi connectivity index (χ0n) is 14.7. The van der Waals surface area contributed by atoms with Gasteiger partial charge in [-0.15, -0.1) is 0 Å². The van der Waals surface area contributed by atoms with E-state index >= 15 is 0 Å². The Labute approximate surface area is 138 Å². The van der Waals surface area contributed by atoms with Gasteiger partial charge in [0.05, 0.1) is 13.2 Å². The molecular weight excluding hydrogens is 293 g/mol. The molecule has 1 fully saturated rings. The number of rotatable bonds is 5. The summed E-state index contributed by atoms with van der Waals surface area (Å²) in [6.45, 7) is 10.3. The number of guanidine groups is 1. The standard InChI is InChI=1S/C18H28FN3O/c1-5-20-17(22-9-8-18(2,3)13-22)21-11-14-6-7-16(19)15(10-14)12-23-4/h6-7,10H,5,8-9,11-13H2,1-4H3,(H,20,21).